The standard InChI is InChI=1S/C15H14ClF2N/c1-2-19(14-5-3-4-12(17)8-14)15-7-11(10-16)6-13(18)9-15/h3-9H,2,10H2,1H3. The SMILES string of the molecule is CCN(c1cccc(F)c1)c1cc(F)cc(CCl)c1. The van der Waals surface area contributed by atoms with Gasteiger partial charge in [-0.3, -0.25) is 0 Å². The highest BCUT2D eigenvalue weighted by atomic mass is 35.5. The molecule has 0 fully saturated rings. The van der Waals surface area contributed by atoms with Crippen molar-refractivity contribution in [3.8, 4) is 0 Å². The number of nitrogens with zero attached hydrogens (tertiary/aromatic N) is 1. The molecule has 2 rings (SSSR count). The zero-order valence-corrected chi connectivity index (χ0v) is 11.3. The lowest BCUT2D eigenvalue weighted by molar-refractivity contribution is 0.625. The Morgan fingerprint density at radius 1 is 1.00 bits per heavy atom. The van der Waals surface area contributed by atoms with Gasteiger partial charge < -0.3 is 4.90 Å². The van der Waals surface area contributed by atoms with Crippen molar-refractivity contribution in [2.45, 2.75) is 12.8 Å². The van der Waals surface area contributed by atoms with Crippen molar-refractivity contribution in [1.29, 1.82) is 0 Å². The first-order chi connectivity index (χ1) is 9.13. The fourth-order valence-corrected chi connectivity index (χ4v) is 2.18. The fourth-order valence-electron chi connectivity index (χ4n) is 2.02. The number of halogens is 3. The minimum absolute atomic E-state index is 0.242. The highest BCUT2D eigenvalue weighted by Crippen LogP contribution is 2.27. The lowest BCUT2D eigenvalue weighted by Gasteiger charge is -2.24. The summed E-state index contributed by atoms with van der Waals surface area (Å²) in [5.74, 6) is -0.418. The lowest BCUT2D eigenvalue weighted by atomic mass is 10.1. The molecule has 100 valence electrons. The summed E-state index contributed by atoms with van der Waals surface area (Å²) in [6.07, 6.45) is 0. The number of rotatable bonds is 4. The van der Waals surface area contributed by atoms with Crippen LogP contribution in [0.4, 0.5) is 20.2 Å². The summed E-state index contributed by atoms with van der Waals surface area (Å²) in [6.45, 7) is 2.53. The number of benzene rings is 2. The molecule has 0 aromatic heterocycles. The van der Waals surface area contributed by atoms with Crippen LogP contribution in [0.2, 0.25) is 0 Å². The Hall–Kier alpha value is -1.61. The molecule has 0 aliphatic heterocycles. The van der Waals surface area contributed by atoms with Gasteiger partial charge in [0.2, 0.25) is 0 Å². The molecule has 0 spiro atoms. The second-order valence-electron chi connectivity index (χ2n) is 4.18. The maximum atomic E-state index is 13.5. The molecule has 0 saturated heterocycles. The predicted molar refractivity (Wildman–Crippen MR) is 75.0 cm³/mol. The number of alkyl halides is 1. The van der Waals surface area contributed by atoms with Crippen LogP contribution in [0.15, 0.2) is 42.5 Å². The van der Waals surface area contributed by atoms with Gasteiger partial charge in [-0.25, -0.2) is 8.78 Å². The van der Waals surface area contributed by atoms with Crippen molar-refractivity contribution in [2.24, 2.45) is 0 Å². The maximum absolute atomic E-state index is 13.5. The van der Waals surface area contributed by atoms with Gasteiger partial charge >= 0.3 is 0 Å². The highest BCUT2D eigenvalue weighted by Gasteiger charge is 2.10. The predicted octanol–water partition coefficient (Wildman–Crippen LogP) is 4.86. The smallest absolute Gasteiger partial charge is 0.125 e. The van der Waals surface area contributed by atoms with Gasteiger partial charge in [-0.15, -0.1) is 11.6 Å². The van der Waals surface area contributed by atoms with Crippen LogP contribution in [-0.4, -0.2) is 6.54 Å². The largest absolute Gasteiger partial charge is 0.342 e. The third-order valence-corrected chi connectivity index (χ3v) is 3.15. The minimum atomic E-state index is -0.344. The average Bonchev–Trinajstić information content (AvgIpc) is 2.39. The molecular weight excluding hydrogens is 268 g/mol. The van der Waals surface area contributed by atoms with E-state index in [-0.39, 0.29) is 17.5 Å². The molecule has 0 aliphatic carbocycles. The quantitative estimate of drug-likeness (QED) is 0.723. The topological polar surface area (TPSA) is 3.24 Å². The van der Waals surface area contributed by atoms with Crippen LogP contribution in [0, 0.1) is 11.6 Å². The van der Waals surface area contributed by atoms with E-state index in [0.717, 1.165) is 0 Å². The van der Waals surface area contributed by atoms with E-state index in [1.54, 1.807) is 12.1 Å². The molecule has 1 nitrogen and oxygen atoms in total. The highest BCUT2D eigenvalue weighted by molar-refractivity contribution is 6.17. The second-order valence-corrected chi connectivity index (χ2v) is 4.44. The van der Waals surface area contributed by atoms with Gasteiger partial charge in [-0.1, -0.05) is 6.07 Å². The summed E-state index contributed by atoms with van der Waals surface area (Å²) in [7, 11) is 0. The third kappa shape index (κ3) is 3.24. The molecule has 19 heavy (non-hydrogen) atoms. The first kappa shape index (κ1) is 13.8. The van der Waals surface area contributed by atoms with Gasteiger partial charge in [-0.2, -0.15) is 0 Å². The molecule has 4 heteroatoms. The van der Waals surface area contributed by atoms with Crippen LogP contribution in [0.3, 0.4) is 0 Å². The monoisotopic (exact) mass is 281 g/mol. The van der Waals surface area contributed by atoms with E-state index in [1.165, 1.54) is 24.3 Å². The van der Waals surface area contributed by atoms with Crippen molar-refractivity contribution in [3.63, 3.8) is 0 Å². The maximum Gasteiger partial charge on any atom is 0.125 e. The van der Waals surface area contributed by atoms with Crippen LogP contribution in [-0.2, 0) is 5.88 Å². The van der Waals surface area contributed by atoms with Crippen LogP contribution >= 0.6 is 11.6 Å². The van der Waals surface area contributed by atoms with E-state index < -0.39 is 0 Å². The van der Waals surface area contributed by atoms with E-state index in [0.29, 0.717) is 23.5 Å². The summed E-state index contributed by atoms with van der Waals surface area (Å²) in [5, 5.41) is 0. The number of hydrogen-bond donors (Lipinski definition) is 0. The zero-order valence-electron chi connectivity index (χ0n) is 10.5. The van der Waals surface area contributed by atoms with Crippen molar-refractivity contribution in [2.75, 3.05) is 11.4 Å². The fraction of sp³-hybridized carbons (Fsp3) is 0.200. The summed E-state index contributed by atoms with van der Waals surface area (Å²) >= 11 is 5.74. The normalized spacial score (nSPS) is 10.5. The van der Waals surface area contributed by atoms with Gasteiger partial charge in [0, 0.05) is 23.8 Å². The first-order valence-corrected chi connectivity index (χ1v) is 6.56. The van der Waals surface area contributed by atoms with E-state index in [9.17, 15) is 8.78 Å². The van der Waals surface area contributed by atoms with Gasteiger partial charge in [0.15, 0.2) is 0 Å². The molecule has 2 aromatic carbocycles. The third-order valence-electron chi connectivity index (χ3n) is 2.84. The van der Waals surface area contributed by atoms with Crippen molar-refractivity contribution >= 4 is 23.0 Å². The van der Waals surface area contributed by atoms with Crippen molar-refractivity contribution in [1.82, 2.24) is 0 Å². The zero-order chi connectivity index (χ0) is 13.8. The molecule has 0 saturated carbocycles. The molecule has 0 aliphatic rings. The lowest BCUT2D eigenvalue weighted by Crippen LogP contribution is -2.16. The Bertz CT molecular complexity index is 572. The van der Waals surface area contributed by atoms with E-state index in [1.807, 2.05) is 17.9 Å². The van der Waals surface area contributed by atoms with Crippen LogP contribution in [0.25, 0.3) is 0 Å². The average molecular weight is 282 g/mol. The van der Waals surface area contributed by atoms with Crippen LogP contribution in [0.5, 0.6) is 0 Å². The van der Waals surface area contributed by atoms with E-state index in [4.69, 9.17) is 11.6 Å². The molecule has 0 heterocycles. The summed E-state index contributed by atoms with van der Waals surface area (Å²) in [6, 6.07) is 10.9. The molecule has 0 radical (unpaired) electrons. The van der Waals surface area contributed by atoms with Crippen molar-refractivity contribution in [3.05, 3.63) is 59.7 Å². The van der Waals surface area contributed by atoms with Crippen LogP contribution < -0.4 is 4.90 Å². The summed E-state index contributed by atoms with van der Waals surface area (Å²) in [4.78, 5) is 1.84. The first-order valence-electron chi connectivity index (χ1n) is 6.02. The summed E-state index contributed by atoms with van der Waals surface area (Å²) < 4.78 is 26.8. The molecule has 0 unspecified atom stereocenters. The van der Waals surface area contributed by atoms with Crippen LogP contribution in [0.1, 0.15) is 12.5 Å². The molecule has 2 aromatic rings. The Kier molecular flexibility index (Phi) is 4.38. The Balaban J connectivity index is 2.44. The molecule has 0 bridgehead atoms. The van der Waals surface area contributed by atoms with E-state index >= 15 is 0 Å². The Labute approximate surface area is 116 Å². The minimum Gasteiger partial charge on any atom is -0.342 e. The number of anilines is 2. The second kappa shape index (κ2) is 6.02. The van der Waals surface area contributed by atoms with Gasteiger partial charge in [0.05, 0.1) is 0 Å². The number of hydrogen-bond acceptors (Lipinski definition) is 1. The Morgan fingerprint density at radius 3 is 2.37 bits per heavy atom. The molecule has 0 amide bonds. The molecule has 0 atom stereocenters. The van der Waals surface area contributed by atoms with Gasteiger partial charge in [-0.05, 0) is 48.9 Å². The molecule has 0 N–H and O–H groups in total. The van der Waals surface area contributed by atoms with Gasteiger partial charge in [0.1, 0.15) is 11.6 Å². The molecular formula is C15H14ClF2N. The Morgan fingerprint density at radius 2 is 1.74 bits per heavy atom. The van der Waals surface area contributed by atoms with Gasteiger partial charge in [0.25, 0.3) is 0 Å². The summed E-state index contributed by atoms with van der Waals surface area (Å²) in [5.41, 5.74) is 2.06. The van der Waals surface area contributed by atoms with E-state index in [2.05, 4.69) is 0 Å². The van der Waals surface area contributed by atoms with Crippen molar-refractivity contribution < 1.29 is 8.78 Å².